The Labute approximate surface area is 160 Å². The highest BCUT2D eigenvalue weighted by Gasteiger charge is 2.02. The Balaban J connectivity index is 1.83. The van der Waals surface area contributed by atoms with Crippen molar-refractivity contribution in [3.63, 3.8) is 0 Å². The zero-order valence-corrected chi connectivity index (χ0v) is 16.7. The lowest BCUT2D eigenvalue weighted by molar-refractivity contribution is -0.116. The Bertz CT molecular complexity index is 470. The number of nitrogens with zero attached hydrogens (tertiary/aromatic N) is 1. The normalized spacial score (nSPS) is 11.1. The predicted molar refractivity (Wildman–Crippen MR) is 112 cm³/mol. The summed E-state index contributed by atoms with van der Waals surface area (Å²) in [5, 5.41) is 2.83. The molecule has 146 valence electrons. The summed E-state index contributed by atoms with van der Waals surface area (Å²) in [4.78, 5) is 15.9. The van der Waals surface area contributed by atoms with Crippen LogP contribution < -0.4 is 5.32 Å². The maximum absolute atomic E-state index is 11.8. The number of pyridine rings is 1. The van der Waals surface area contributed by atoms with Crippen LogP contribution in [0.25, 0.3) is 0 Å². The molecular formula is C23H38N2O. The van der Waals surface area contributed by atoms with Crippen molar-refractivity contribution < 1.29 is 4.79 Å². The summed E-state index contributed by atoms with van der Waals surface area (Å²) in [7, 11) is 0. The Hall–Kier alpha value is -1.64. The first kappa shape index (κ1) is 22.4. The van der Waals surface area contributed by atoms with Gasteiger partial charge in [-0.25, -0.2) is 4.98 Å². The van der Waals surface area contributed by atoms with Gasteiger partial charge in [-0.05, 0) is 44.2 Å². The highest BCUT2D eigenvalue weighted by Crippen LogP contribution is 2.10. The number of hydrogen-bond acceptors (Lipinski definition) is 2. The second kappa shape index (κ2) is 16.8. The maximum Gasteiger partial charge on any atom is 0.225 e. The van der Waals surface area contributed by atoms with E-state index in [-0.39, 0.29) is 5.91 Å². The smallest absolute Gasteiger partial charge is 0.225 e. The summed E-state index contributed by atoms with van der Waals surface area (Å²) in [6.45, 7) is 2.27. The molecule has 1 aromatic rings. The molecule has 1 rings (SSSR count). The van der Waals surface area contributed by atoms with Crippen LogP contribution in [0.2, 0.25) is 0 Å². The molecule has 0 radical (unpaired) electrons. The molecule has 0 saturated carbocycles. The molecule has 3 nitrogen and oxygen atoms in total. The van der Waals surface area contributed by atoms with Crippen LogP contribution in [-0.2, 0) is 4.79 Å². The fourth-order valence-corrected chi connectivity index (χ4v) is 3.00. The van der Waals surface area contributed by atoms with Crippen LogP contribution in [0.4, 0.5) is 5.82 Å². The number of allylic oxidation sites excluding steroid dienone is 2. The molecule has 0 spiro atoms. The molecule has 0 atom stereocenters. The molecule has 0 aliphatic carbocycles. The summed E-state index contributed by atoms with van der Waals surface area (Å²) in [5.74, 6) is 0.714. The molecule has 1 amide bonds. The molecule has 1 aromatic heterocycles. The van der Waals surface area contributed by atoms with E-state index in [1.54, 1.807) is 6.20 Å². The van der Waals surface area contributed by atoms with Gasteiger partial charge in [0.2, 0.25) is 5.91 Å². The summed E-state index contributed by atoms with van der Waals surface area (Å²) in [6.07, 6.45) is 23.6. The van der Waals surface area contributed by atoms with Crippen molar-refractivity contribution in [3.8, 4) is 0 Å². The molecule has 26 heavy (non-hydrogen) atoms. The first-order valence-corrected chi connectivity index (χ1v) is 10.7. The number of amides is 1. The molecule has 3 heteroatoms. The second-order valence-corrected chi connectivity index (χ2v) is 7.10. The first-order valence-electron chi connectivity index (χ1n) is 10.7. The van der Waals surface area contributed by atoms with Crippen molar-refractivity contribution in [2.45, 2.75) is 96.8 Å². The van der Waals surface area contributed by atoms with Crippen LogP contribution in [0.15, 0.2) is 36.5 Å². The molecule has 1 N–H and O–H groups in total. The van der Waals surface area contributed by atoms with Crippen molar-refractivity contribution in [1.82, 2.24) is 4.98 Å². The lowest BCUT2D eigenvalue weighted by Crippen LogP contribution is -2.11. The minimum Gasteiger partial charge on any atom is -0.311 e. The monoisotopic (exact) mass is 358 g/mol. The first-order chi connectivity index (χ1) is 12.8. The Morgan fingerprint density at radius 2 is 1.50 bits per heavy atom. The van der Waals surface area contributed by atoms with Gasteiger partial charge in [0, 0.05) is 12.6 Å². The zero-order valence-electron chi connectivity index (χ0n) is 16.7. The number of aromatic nitrogens is 1. The van der Waals surface area contributed by atoms with Crippen LogP contribution in [0.5, 0.6) is 0 Å². The van der Waals surface area contributed by atoms with Gasteiger partial charge in [0.15, 0.2) is 0 Å². The Morgan fingerprint density at radius 1 is 0.885 bits per heavy atom. The Morgan fingerprint density at radius 3 is 2.12 bits per heavy atom. The third-order valence-corrected chi connectivity index (χ3v) is 4.60. The number of carbonyl (C=O) groups is 1. The van der Waals surface area contributed by atoms with E-state index in [1.165, 1.54) is 70.6 Å². The number of anilines is 1. The number of unbranched alkanes of at least 4 members (excludes halogenated alkanes) is 11. The third kappa shape index (κ3) is 13.6. The fourth-order valence-electron chi connectivity index (χ4n) is 3.00. The molecule has 0 saturated heterocycles. The molecular weight excluding hydrogens is 320 g/mol. The van der Waals surface area contributed by atoms with Crippen LogP contribution >= 0.6 is 0 Å². The van der Waals surface area contributed by atoms with Crippen molar-refractivity contribution in [3.05, 3.63) is 36.5 Å². The molecule has 0 unspecified atom stereocenters. The van der Waals surface area contributed by atoms with Crippen LogP contribution in [-0.4, -0.2) is 10.9 Å². The van der Waals surface area contributed by atoms with E-state index in [4.69, 9.17) is 0 Å². The summed E-state index contributed by atoms with van der Waals surface area (Å²) in [6, 6.07) is 5.54. The maximum atomic E-state index is 11.8. The minimum atomic E-state index is 0.0707. The van der Waals surface area contributed by atoms with Crippen molar-refractivity contribution >= 4 is 11.7 Å². The van der Waals surface area contributed by atoms with Crippen molar-refractivity contribution in [1.29, 1.82) is 0 Å². The molecule has 0 aliphatic rings. The van der Waals surface area contributed by atoms with Crippen LogP contribution in [0.1, 0.15) is 96.8 Å². The van der Waals surface area contributed by atoms with Gasteiger partial charge < -0.3 is 5.32 Å². The van der Waals surface area contributed by atoms with Gasteiger partial charge in [0.1, 0.15) is 5.82 Å². The van der Waals surface area contributed by atoms with E-state index in [9.17, 15) is 4.79 Å². The minimum absolute atomic E-state index is 0.0707. The number of carbonyl (C=O) groups excluding carboxylic acids is 1. The zero-order chi connectivity index (χ0) is 18.7. The average Bonchev–Trinajstić information content (AvgIpc) is 2.65. The van der Waals surface area contributed by atoms with Crippen molar-refractivity contribution in [2.24, 2.45) is 0 Å². The topological polar surface area (TPSA) is 42.0 Å². The second-order valence-electron chi connectivity index (χ2n) is 7.10. The highest BCUT2D eigenvalue weighted by molar-refractivity contribution is 5.89. The Kier molecular flexibility index (Phi) is 14.5. The van der Waals surface area contributed by atoms with Gasteiger partial charge in [-0.15, -0.1) is 0 Å². The molecule has 0 bridgehead atoms. The van der Waals surface area contributed by atoms with Gasteiger partial charge in [-0.3, -0.25) is 4.79 Å². The van der Waals surface area contributed by atoms with Gasteiger partial charge in [-0.1, -0.05) is 76.5 Å². The SMILES string of the molecule is CCCCCCCC/C=C\CCCCCCCC(=O)Nc1ccccn1. The number of hydrogen-bond donors (Lipinski definition) is 1. The van der Waals surface area contributed by atoms with E-state index >= 15 is 0 Å². The lowest BCUT2D eigenvalue weighted by atomic mass is 10.1. The molecule has 0 fully saturated rings. The number of rotatable bonds is 16. The van der Waals surface area contributed by atoms with E-state index in [1.807, 2.05) is 18.2 Å². The van der Waals surface area contributed by atoms with E-state index in [0.717, 1.165) is 12.8 Å². The highest BCUT2D eigenvalue weighted by atomic mass is 16.1. The van der Waals surface area contributed by atoms with Crippen molar-refractivity contribution in [2.75, 3.05) is 5.32 Å². The summed E-state index contributed by atoms with van der Waals surface area (Å²) < 4.78 is 0. The molecule has 1 heterocycles. The lowest BCUT2D eigenvalue weighted by Gasteiger charge is -2.04. The fraction of sp³-hybridized carbons (Fsp3) is 0.652. The van der Waals surface area contributed by atoms with Gasteiger partial charge in [0.25, 0.3) is 0 Å². The quantitative estimate of drug-likeness (QED) is 0.254. The summed E-state index contributed by atoms with van der Waals surface area (Å²) >= 11 is 0. The summed E-state index contributed by atoms with van der Waals surface area (Å²) in [5.41, 5.74) is 0. The van der Waals surface area contributed by atoms with E-state index < -0.39 is 0 Å². The van der Waals surface area contributed by atoms with Crippen LogP contribution in [0, 0.1) is 0 Å². The largest absolute Gasteiger partial charge is 0.311 e. The van der Waals surface area contributed by atoms with Gasteiger partial charge >= 0.3 is 0 Å². The van der Waals surface area contributed by atoms with Gasteiger partial charge in [-0.2, -0.15) is 0 Å². The van der Waals surface area contributed by atoms with E-state index in [0.29, 0.717) is 12.2 Å². The molecule has 0 aliphatic heterocycles. The van der Waals surface area contributed by atoms with Gasteiger partial charge in [0.05, 0.1) is 0 Å². The standard InChI is InChI=1S/C23H38N2O/c1-2-3-4-5-6-7-8-9-10-11-12-13-14-15-16-20-23(26)25-22-19-17-18-21-24-22/h9-10,17-19,21H,2-8,11-16,20H2,1H3,(H,24,25,26)/b10-9-. The third-order valence-electron chi connectivity index (χ3n) is 4.60. The number of nitrogens with one attached hydrogen (secondary N) is 1. The van der Waals surface area contributed by atoms with E-state index in [2.05, 4.69) is 29.4 Å². The predicted octanol–water partition coefficient (Wildman–Crippen LogP) is 7.06. The van der Waals surface area contributed by atoms with Crippen LogP contribution in [0.3, 0.4) is 0 Å². The molecule has 0 aromatic carbocycles. The average molecular weight is 359 g/mol.